The van der Waals surface area contributed by atoms with E-state index in [1.54, 1.807) is 13.0 Å². The van der Waals surface area contributed by atoms with Gasteiger partial charge in [-0.15, -0.1) is 5.06 Å². The van der Waals surface area contributed by atoms with Crippen LogP contribution >= 0.6 is 11.6 Å². The molecule has 1 amide bonds. The largest absolute Gasteiger partial charge is 0.493 e. The molecule has 0 atom stereocenters. The molecule has 2 aliphatic heterocycles. The number of hydrogen-bond donors (Lipinski definition) is 1. The molecule has 0 unspecified atom stereocenters. The van der Waals surface area contributed by atoms with E-state index in [1.165, 1.54) is 37.5 Å². The number of ether oxygens (including phenoxy) is 2. The minimum Gasteiger partial charge on any atom is -0.493 e. The maximum atomic E-state index is 13.1. The highest BCUT2D eigenvalue weighted by atomic mass is 35.5. The van der Waals surface area contributed by atoms with E-state index in [4.69, 9.17) is 31.3 Å². The van der Waals surface area contributed by atoms with Gasteiger partial charge >= 0.3 is 5.97 Å². The number of hydrogen-bond acceptors (Lipinski definition) is 6. The van der Waals surface area contributed by atoms with Gasteiger partial charge in [-0.1, -0.05) is 11.6 Å². The number of rotatable bonds is 4. The van der Waals surface area contributed by atoms with Crippen molar-refractivity contribution in [2.24, 2.45) is 4.99 Å². The summed E-state index contributed by atoms with van der Waals surface area (Å²) in [6.07, 6.45) is 2.95. The molecule has 2 aliphatic rings. The molecule has 0 saturated carbocycles. The van der Waals surface area contributed by atoms with Gasteiger partial charge in [0.1, 0.15) is 11.6 Å². The first-order valence-corrected chi connectivity index (χ1v) is 9.60. The molecule has 2 heterocycles. The highest BCUT2D eigenvalue weighted by Crippen LogP contribution is 2.38. The van der Waals surface area contributed by atoms with Crippen LogP contribution in [0.2, 0.25) is 5.02 Å². The summed E-state index contributed by atoms with van der Waals surface area (Å²) in [6.45, 7) is 1.68. The molecule has 162 valence electrons. The zero-order valence-electron chi connectivity index (χ0n) is 16.8. The van der Waals surface area contributed by atoms with Crippen molar-refractivity contribution in [3.8, 4) is 11.5 Å². The molecule has 1 N–H and O–H groups in total. The summed E-state index contributed by atoms with van der Waals surface area (Å²) in [6, 6.07) is 7.76. The topological polar surface area (TPSA) is 101 Å². The highest BCUT2D eigenvalue weighted by Gasteiger charge is 2.34. The summed E-state index contributed by atoms with van der Waals surface area (Å²) in [5.74, 6) is -1.23. The van der Waals surface area contributed by atoms with E-state index in [1.807, 2.05) is 0 Å². The van der Waals surface area contributed by atoms with Gasteiger partial charge < -0.3 is 14.3 Å². The number of aliphatic imine (C=N–C) groups is 1. The van der Waals surface area contributed by atoms with Crippen LogP contribution in [0.5, 0.6) is 11.5 Å². The summed E-state index contributed by atoms with van der Waals surface area (Å²) < 4.78 is 23.7. The molecule has 0 bridgehead atoms. The lowest BCUT2D eigenvalue weighted by Gasteiger charge is -2.23. The third-order valence-corrected chi connectivity index (χ3v) is 4.80. The smallest absolute Gasteiger partial charge is 0.343 e. The Balaban J connectivity index is 1.64. The second kappa shape index (κ2) is 8.27. The van der Waals surface area contributed by atoms with Gasteiger partial charge in [-0.25, -0.2) is 9.18 Å². The Morgan fingerprint density at radius 3 is 2.69 bits per heavy atom. The maximum absolute atomic E-state index is 13.1. The molecule has 32 heavy (non-hydrogen) atoms. The fraction of sp³-hybridized carbons (Fsp3) is 0.0909. The Morgan fingerprint density at radius 2 is 2.00 bits per heavy atom. The summed E-state index contributed by atoms with van der Waals surface area (Å²) in [7, 11) is 1.36. The number of allylic oxidation sites excluding steroid dienone is 1. The second-order valence-electron chi connectivity index (χ2n) is 6.75. The van der Waals surface area contributed by atoms with Crippen LogP contribution in [0.3, 0.4) is 0 Å². The van der Waals surface area contributed by atoms with E-state index >= 15 is 0 Å². The van der Waals surface area contributed by atoms with Crippen LogP contribution in [0.4, 0.5) is 4.39 Å². The summed E-state index contributed by atoms with van der Waals surface area (Å²) >= 11 is 6.31. The number of hydroxylamine groups is 2. The SMILES string of the molecule is COc1cc(/C=C2/C(=N)N3OC(C)=CC3=NC2=O)cc(Cl)c1OC(=O)c1ccc(F)cc1. The highest BCUT2D eigenvalue weighted by molar-refractivity contribution is 6.34. The Hall–Kier alpha value is -3.98. The number of halogens is 2. The van der Waals surface area contributed by atoms with Crippen LogP contribution < -0.4 is 9.47 Å². The van der Waals surface area contributed by atoms with E-state index < -0.39 is 17.7 Å². The summed E-state index contributed by atoms with van der Waals surface area (Å²) in [4.78, 5) is 34.1. The number of nitrogens with one attached hydrogen (secondary N) is 1. The molecule has 0 saturated heterocycles. The Bertz CT molecular complexity index is 1250. The second-order valence-corrected chi connectivity index (χ2v) is 7.16. The van der Waals surface area contributed by atoms with Gasteiger partial charge in [-0.3, -0.25) is 10.2 Å². The fourth-order valence-electron chi connectivity index (χ4n) is 3.03. The van der Waals surface area contributed by atoms with Crippen LogP contribution in [0.1, 0.15) is 22.8 Å². The van der Waals surface area contributed by atoms with E-state index in [9.17, 15) is 14.0 Å². The number of fused-ring (bicyclic) bond motifs is 1. The van der Waals surface area contributed by atoms with Crippen molar-refractivity contribution in [2.45, 2.75) is 6.92 Å². The van der Waals surface area contributed by atoms with E-state index in [0.717, 1.165) is 17.2 Å². The first-order valence-electron chi connectivity index (χ1n) is 9.22. The van der Waals surface area contributed by atoms with Crippen LogP contribution in [0, 0.1) is 11.2 Å². The molecule has 4 rings (SSSR count). The summed E-state index contributed by atoms with van der Waals surface area (Å²) in [5.41, 5.74) is 0.509. The molecule has 2 aromatic carbocycles. The molecular formula is C22H15ClFN3O5. The van der Waals surface area contributed by atoms with E-state index in [-0.39, 0.29) is 39.3 Å². The predicted octanol–water partition coefficient (Wildman–Crippen LogP) is 4.16. The molecule has 8 nitrogen and oxygen atoms in total. The van der Waals surface area contributed by atoms with Gasteiger partial charge in [0.2, 0.25) is 0 Å². The van der Waals surface area contributed by atoms with Crippen molar-refractivity contribution < 1.29 is 28.3 Å². The number of nitrogens with zero attached hydrogens (tertiary/aromatic N) is 2. The summed E-state index contributed by atoms with van der Waals surface area (Å²) in [5, 5.41) is 9.45. The van der Waals surface area contributed by atoms with Crippen molar-refractivity contribution in [1.29, 1.82) is 5.41 Å². The minimum absolute atomic E-state index is 0.0222. The molecule has 2 aromatic rings. The van der Waals surface area contributed by atoms with Crippen LogP contribution in [-0.4, -0.2) is 35.7 Å². The van der Waals surface area contributed by atoms with Gasteiger partial charge in [-0.05, 0) is 55.0 Å². The first-order chi connectivity index (χ1) is 15.3. The van der Waals surface area contributed by atoms with Crippen molar-refractivity contribution in [1.82, 2.24) is 5.06 Å². The third-order valence-electron chi connectivity index (χ3n) is 4.52. The molecular weight excluding hydrogens is 441 g/mol. The van der Waals surface area contributed by atoms with Crippen molar-refractivity contribution in [3.63, 3.8) is 0 Å². The fourth-order valence-corrected chi connectivity index (χ4v) is 3.28. The number of esters is 1. The number of amidine groups is 2. The molecule has 0 aliphatic carbocycles. The van der Waals surface area contributed by atoms with E-state index in [2.05, 4.69) is 4.99 Å². The van der Waals surface area contributed by atoms with Gasteiger partial charge in [0.05, 0.1) is 23.3 Å². The lowest BCUT2D eigenvalue weighted by Crippen LogP contribution is -2.38. The molecule has 10 heteroatoms. The van der Waals surface area contributed by atoms with Crippen molar-refractivity contribution in [3.05, 3.63) is 75.8 Å². The quantitative estimate of drug-likeness (QED) is 0.422. The maximum Gasteiger partial charge on any atom is 0.343 e. The lowest BCUT2D eigenvalue weighted by molar-refractivity contribution is -0.114. The Morgan fingerprint density at radius 1 is 1.28 bits per heavy atom. The Kier molecular flexibility index (Phi) is 5.50. The normalized spacial score (nSPS) is 16.4. The van der Waals surface area contributed by atoms with Gasteiger partial charge in [-0.2, -0.15) is 4.99 Å². The zero-order chi connectivity index (χ0) is 23.0. The van der Waals surface area contributed by atoms with Crippen LogP contribution in [0.15, 0.2) is 58.8 Å². The number of carbonyl (C=O) groups is 2. The standard InChI is InChI=1S/C22H15ClFN3O5/c1-11-7-18-26-21(28)15(20(25)27(18)32-11)8-12-9-16(23)19(17(10-12)30-2)31-22(29)13-3-5-14(24)6-4-13/h3-10,25H,1-2H3/b15-8-,25-20?. The average molecular weight is 456 g/mol. The lowest BCUT2D eigenvalue weighted by atomic mass is 10.1. The minimum atomic E-state index is -0.753. The van der Waals surface area contributed by atoms with Gasteiger partial charge in [0.25, 0.3) is 5.91 Å². The predicted molar refractivity (Wildman–Crippen MR) is 114 cm³/mol. The number of amides is 1. The van der Waals surface area contributed by atoms with Crippen LogP contribution in [0.25, 0.3) is 6.08 Å². The average Bonchev–Trinajstić information content (AvgIpc) is 3.13. The third kappa shape index (κ3) is 3.97. The molecule has 0 aromatic heterocycles. The van der Waals surface area contributed by atoms with Crippen molar-refractivity contribution >= 4 is 41.2 Å². The Labute approximate surface area is 186 Å². The number of benzene rings is 2. The van der Waals surface area contributed by atoms with Crippen molar-refractivity contribution in [2.75, 3.05) is 7.11 Å². The zero-order valence-corrected chi connectivity index (χ0v) is 17.6. The van der Waals surface area contributed by atoms with Gasteiger partial charge in [0.15, 0.2) is 23.2 Å². The monoisotopic (exact) mass is 455 g/mol. The molecule has 0 radical (unpaired) electrons. The van der Waals surface area contributed by atoms with Crippen LogP contribution in [-0.2, 0) is 9.63 Å². The van der Waals surface area contributed by atoms with E-state index in [0.29, 0.717) is 11.3 Å². The number of methoxy groups -OCH3 is 1. The first kappa shape index (κ1) is 21.3. The number of carbonyl (C=O) groups excluding carboxylic acids is 2. The molecule has 0 spiro atoms. The molecule has 0 fully saturated rings. The van der Waals surface area contributed by atoms with Gasteiger partial charge in [0, 0.05) is 6.08 Å².